The average Bonchev–Trinajstić information content (AvgIpc) is 2.76. The van der Waals surface area contributed by atoms with Gasteiger partial charge in [0.15, 0.2) is 0 Å². The van der Waals surface area contributed by atoms with Gasteiger partial charge >= 0.3 is 0 Å². The monoisotopic (exact) mass is 465 g/mol. The van der Waals surface area contributed by atoms with Gasteiger partial charge in [0.25, 0.3) is 0 Å². The van der Waals surface area contributed by atoms with Crippen molar-refractivity contribution < 1.29 is 4.79 Å². The second kappa shape index (κ2) is 9.73. The molecule has 1 heterocycles. The van der Waals surface area contributed by atoms with Crippen molar-refractivity contribution in [2.45, 2.75) is 19.9 Å². The van der Waals surface area contributed by atoms with E-state index >= 15 is 0 Å². The first-order valence-electron chi connectivity index (χ1n) is 10.6. The van der Waals surface area contributed by atoms with Crippen molar-refractivity contribution in [1.29, 1.82) is 0 Å². The van der Waals surface area contributed by atoms with E-state index in [0.29, 0.717) is 6.42 Å². The maximum Gasteiger partial charge on any atom is 0.225 e. The topological polar surface area (TPSA) is 35.6 Å². The zero-order chi connectivity index (χ0) is 20.9. The molecule has 0 aliphatic carbocycles. The molecule has 0 radical (unpaired) electrons. The Balaban J connectivity index is 1.23. The standard InChI is InChI=1S/C25H28BrN3O/c1-19-17-22(9-10-24(19)26)27-25(30)11-12-28-13-15-29(16-14-28)18-21-7-4-6-20-5-2-3-8-23(20)21/h2-10,17H,11-16,18H2,1H3,(H,27,30). The Morgan fingerprint density at radius 3 is 2.50 bits per heavy atom. The predicted molar refractivity (Wildman–Crippen MR) is 128 cm³/mol. The number of benzene rings is 3. The largest absolute Gasteiger partial charge is 0.326 e. The van der Waals surface area contributed by atoms with E-state index in [4.69, 9.17) is 0 Å². The van der Waals surface area contributed by atoms with Gasteiger partial charge in [0, 0.05) is 55.8 Å². The number of carbonyl (C=O) groups is 1. The molecule has 4 rings (SSSR count). The SMILES string of the molecule is Cc1cc(NC(=O)CCN2CCN(Cc3cccc4ccccc34)CC2)ccc1Br. The van der Waals surface area contributed by atoms with Gasteiger partial charge in [-0.1, -0.05) is 58.4 Å². The van der Waals surface area contributed by atoms with Crippen LogP contribution in [-0.2, 0) is 11.3 Å². The lowest BCUT2D eigenvalue weighted by molar-refractivity contribution is -0.116. The van der Waals surface area contributed by atoms with Crippen molar-refractivity contribution in [2.24, 2.45) is 0 Å². The molecule has 3 aromatic rings. The Hall–Kier alpha value is -2.21. The first-order chi connectivity index (χ1) is 14.6. The fraction of sp³-hybridized carbons (Fsp3) is 0.320. The first-order valence-corrected chi connectivity index (χ1v) is 11.3. The van der Waals surface area contributed by atoms with Gasteiger partial charge < -0.3 is 10.2 Å². The van der Waals surface area contributed by atoms with Crippen molar-refractivity contribution in [3.05, 3.63) is 76.3 Å². The molecule has 1 N–H and O–H groups in total. The van der Waals surface area contributed by atoms with Crippen molar-refractivity contribution >= 4 is 38.3 Å². The second-order valence-electron chi connectivity index (χ2n) is 8.02. The minimum Gasteiger partial charge on any atom is -0.326 e. The smallest absolute Gasteiger partial charge is 0.225 e. The van der Waals surface area contributed by atoms with Crippen LogP contribution < -0.4 is 5.32 Å². The number of amides is 1. The highest BCUT2D eigenvalue weighted by Gasteiger charge is 2.18. The van der Waals surface area contributed by atoms with E-state index in [0.717, 1.165) is 55.0 Å². The molecule has 4 nitrogen and oxygen atoms in total. The van der Waals surface area contributed by atoms with E-state index in [2.05, 4.69) is 73.5 Å². The molecular formula is C25H28BrN3O. The van der Waals surface area contributed by atoms with Crippen LogP contribution in [0.25, 0.3) is 10.8 Å². The average molecular weight is 466 g/mol. The van der Waals surface area contributed by atoms with Gasteiger partial charge in [0.1, 0.15) is 0 Å². The van der Waals surface area contributed by atoms with Crippen LogP contribution in [0.15, 0.2) is 65.1 Å². The third-order valence-electron chi connectivity index (χ3n) is 5.84. The number of fused-ring (bicyclic) bond motifs is 1. The molecule has 0 spiro atoms. The van der Waals surface area contributed by atoms with Gasteiger partial charge in [-0.3, -0.25) is 9.69 Å². The minimum absolute atomic E-state index is 0.0786. The van der Waals surface area contributed by atoms with E-state index in [1.165, 1.54) is 16.3 Å². The minimum atomic E-state index is 0.0786. The molecule has 3 aromatic carbocycles. The summed E-state index contributed by atoms with van der Waals surface area (Å²) < 4.78 is 1.06. The van der Waals surface area contributed by atoms with Crippen molar-refractivity contribution in [3.8, 4) is 0 Å². The highest BCUT2D eigenvalue weighted by atomic mass is 79.9. The van der Waals surface area contributed by atoms with Gasteiger partial charge in [-0.15, -0.1) is 0 Å². The van der Waals surface area contributed by atoms with Crippen LogP contribution in [0.1, 0.15) is 17.5 Å². The Labute approximate surface area is 187 Å². The van der Waals surface area contributed by atoms with Crippen LogP contribution in [0.2, 0.25) is 0 Å². The second-order valence-corrected chi connectivity index (χ2v) is 8.87. The Morgan fingerprint density at radius 2 is 1.70 bits per heavy atom. The summed E-state index contributed by atoms with van der Waals surface area (Å²) in [5.41, 5.74) is 3.38. The number of nitrogens with one attached hydrogen (secondary N) is 1. The number of carbonyl (C=O) groups excluding carboxylic acids is 1. The molecule has 30 heavy (non-hydrogen) atoms. The van der Waals surface area contributed by atoms with Gasteiger partial charge in [-0.05, 0) is 47.0 Å². The highest BCUT2D eigenvalue weighted by Crippen LogP contribution is 2.21. The van der Waals surface area contributed by atoms with Crippen LogP contribution in [-0.4, -0.2) is 48.4 Å². The predicted octanol–water partition coefficient (Wildman–Crippen LogP) is 5.06. The van der Waals surface area contributed by atoms with Crippen LogP contribution in [0.3, 0.4) is 0 Å². The Kier molecular flexibility index (Phi) is 6.82. The third-order valence-corrected chi connectivity index (χ3v) is 6.73. The normalized spacial score (nSPS) is 15.4. The lowest BCUT2D eigenvalue weighted by atomic mass is 10.0. The van der Waals surface area contributed by atoms with E-state index in [1.807, 2.05) is 25.1 Å². The number of rotatable bonds is 6. The number of hydrogen-bond donors (Lipinski definition) is 1. The lowest BCUT2D eigenvalue weighted by Crippen LogP contribution is -2.46. The summed E-state index contributed by atoms with van der Waals surface area (Å²) in [4.78, 5) is 17.2. The van der Waals surface area contributed by atoms with Gasteiger partial charge in [-0.2, -0.15) is 0 Å². The third kappa shape index (κ3) is 5.28. The van der Waals surface area contributed by atoms with Gasteiger partial charge in [0.2, 0.25) is 5.91 Å². The fourth-order valence-corrected chi connectivity index (χ4v) is 4.29. The highest BCUT2D eigenvalue weighted by molar-refractivity contribution is 9.10. The molecule has 1 fully saturated rings. The number of nitrogens with zero attached hydrogens (tertiary/aromatic N) is 2. The van der Waals surface area contributed by atoms with Crippen molar-refractivity contribution in [2.75, 3.05) is 38.0 Å². The van der Waals surface area contributed by atoms with Crippen LogP contribution in [0, 0.1) is 6.92 Å². The molecule has 1 saturated heterocycles. The number of aryl methyl sites for hydroxylation is 1. The Bertz CT molecular complexity index is 1020. The summed E-state index contributed by atoms with van der Waals surface area (Å²) in [6.45, 7) is 7.91. The summed E-state index contributed by atoms with van der Waals surface area (Å²) in [7, 11) is 0. The maximum atomic E-state index is 12.3. The molecule has 0 bridgehead atoms. The number of halogens is 1. The molecule has 1 aliphatic rings. The summed E-state index contributed by atoms with van der Waals surface area (Å²) in [6, 6.07) is 21.1. The Morgan fingerprint density at radius 1 is 0.967 bits per heavy atom. The molecule has 156 valence electrons. The first kappa shape index (κ1) is 21.0. The maximum absolute atomic E-state index is 12.3. The van der Waals surface area contributed by atoms with E-state index < -0.39 is 0 Å². The fourth-order valence-electron chi connectivity index (χ4n) is 4.05. The molecule has 0 saturated carbocycles. The quantitative estimate of drug-likeness (QED) is 0.552. The van der Waals surface area contributed by atoms with E-state index in [9.17, 15) is 4.79 Å². The molecule has 0 atom stereocenters. The van der Waals surface area contributed by atoms with Crippen LogP contribution in [0.4, 0.5) is 5.69 Å². The summed E-state index contributed by atoms with van der Waals surface area (Å²) in [6.07, 6.45) is 0.526. The lowest BCUT2D eigenvalue weighted by Gasteiger charge is -2.34. The molecule has 5 heteroatoms. The number of hydrogen-bond acceptors (Lipinski definition) is 3. The molecule has 1 aliphatic heterocycles. The van der Waals surface area contributed by atoms with Gasteiger partial charge in [-0.25, -0.2) is 0 Å². The zero-order valence-corrected chi connectivity index (χ0v) is 19.0. The van der Waals surface area contributed by atoms with E-state index in [-0.39, 0.29) is 5.91 Å². The summed E-state index contributed by atoms with van der Waals surface area (Å²) in [5, 5.41) is 5.67. The van der Waals surface area contributed by atoms with Crippen LogP contribution in [0.5, 0.6) is 0 Å². The summed E-state index contributed by atoms with van der Waals surface area (Å²) >= 11 is 3.49. The zero-order valence-electron chi connectivity index (χ0n) is 17.4. The van der Waals surface area contributed by atoms with Crippen LogP contribution >= 0.6 is 15.9 Å². The molecule has 1 amide bonds. The molecule has 0 aromatic heterocycles. The number of piperazine rings is 1. The van der Waals surface area contributed by atoms with Crippen molar-refractivity contribution in [1.82, 2.24) is 9.80 Å². The summed E-state index contributed by atoms with van der Waals surface area (Å²) in [5.74, 6) is 0.0786. The van der Waals surface area contributed by atoms with Crippen molar-refractivity contribution in [3.63, 3.8) is 0 Å². The van der Waals surface area contributed by atoms with Gasteiger partial charge in [0.05, 0.1) is 0 Å². The molecular weight excluding hydrogens is 438 g/mol. The van der Waals surface area contributed by atoms with E-state index in [1.54, 1.807) is 0 Å². The number of anilines is 1. The molecule has 0 unspecified atom stereocenters.